The Hall–Kier alpha value is -1.61. The van der Waals surface area contributed by atoms with Crippen LogP contribution in [0.15, 0.2) is 36.7 Å². The molecule has 0 saturated heterocycles. The highest BCUT2D eigenvalue weighted by atomic mass is 15.1. The summed E-state index contributed by atoms with van der Waals surface area (Å²) in [5.41, 5.74) is 2.84. The van der Waals surface area contributed by atoms with Gasteiger partial charge in [0.05, 0.1) is 0 Å². The van der Waals surface area contributed by atoms with Gasteiger partial charge in [-0.15, -0.1) is 0 Å². The molecule has 2 aromatic rings. The van der Waals surface area contributed by atoms with Gasteiger partial charge in [-0.3, -0.25) is 0 Å². The Kier molecular flexibility index (Phi) is 5.81. The normalized spacial score (nSPS) is 10.9. The second-order valence-corrected chi connectivity index (χ2v) is 5.09. The second-order valence-electron chi connectivity index (χ2n) is 5.09. The summed E-state index contributed by atoms with van der Waals surface area (Å²) in [6.45, 7) is 7.35. The third kappa shape index (κ3) is 3.94. The number of likely N-dealkylation sites (N-methyl/N-ethyl adjacent to an activating group) is 1. The minimum Gasteiger partial charge on any atom is -0.331 e. The lowest BCUT2D eigenvalue weighted by atomic mass is 10.0. The predicted octanol–water partition coefficient (Wildman–Crippen LogP) is 3.04. The molecular formula is C17H25N3. The minimum absolute atomic E-state index is 0.928. The number of benzene rings is 1. The number of nitrogens with zero attached hydrogens (tertiary/aromatic N) is 2. The fourth-order valence-corrected chi connectivity index (χ4v) is 2.47. The molecule has 0 spiro atoms. The molecule has 1 heterocycles. The van der Waals surface area contributed by atoms with Gasteiger partial charge in [0.1, 0.15) is 5.82 Å². The summed E-state index contributed by atoms with van der Waals surface area (Å²) in [6.07, 6.45) is 7.27. The van der Waals surface area contributed by atoms with Crippen molar-refractivity contribution in [1.29, 1.82) is 0 Å². The molecule has 108 valence electrons. The summed E-state index contributed by atoms with van der Waals surface area (Å²) in [4.78, 5) is 4.46. The molecule has 3 heteroatoms. The molecule has 0 unspecified atom stereocenters. The Balaban J connectivity index is 2.10. The Morgan fingerprint density at radius 1 is 1.10 bits per heavy atom. The van der Waals surface area contributed by atoms with Gasteiger partial charge in [0.15, 0.2) is 0 Å². The van der Waals surface area contributed by atoms with Crippen LogP contribution in [0.3, 0.4) is 0 Å². The van der Waals surface area contributed by atoms with Crippen LogP contribution >= 0.6 is 0 Å². The van der Waals surface area contributed by atoms with Gasteiger partial charge >= 0.3 is 0 Å². The third-order valence-electron chi connectivity index (χ3n) is 3.56. The molecule has 0 aliphatic rings. The number of hydrogen-bond donors (Lipinski definition) is 1. The van der Waals surface area contributed by atoms with Crippen LogP contribution in [0.1, 0.15) is 37.2 Å². The van der Waals surface area contributed by atoms with Crippen molar-refractivity contribution < 1.29 is 0 Å². The van der Waals surface area contributed by atoms with Crippen molar-refractivity contribution in [1.82, 2.24) is 14.9 Å². The third-order valence-corrected chi connectivity index (χ3v) is 3.56. The summed E-state index contributed by atoms with van der Waals surface area (Å²) in [5.74, 6) is 1.19. The van der Waals surface area contributed by atoms with Crippen molar-refractivity contribution in [3.8, 4) is 0 Å². The molecular weight excluding hydrogens is 246 g/mol. The van der Waals surface area contributed by atoms with Gasteiger partial charge in [0.2, 0.25) is 0 Å². The molecule has 0 aliphatic heterocycles. The molecule has 0 aliphatic carbocycles. The van der Waals surface area contributed by atoms with Crippen LogP contribution in [0.5, 0.6) is 0 Å². The number of hydrogen-bond acceptors (Lipinski definition) is 2. The van der Waals surface area contributed by atoms with Crippen LogP contribution in [-0.2, 0) is 19.4 Å². The molecule has 3 nitrogen and oxygen atoms in total. The van der Waals surface area contributed by atoms with E-state index in [1.54, 1.807) is 0 Å². The van der Waals surface area contributed by atoms with Crippen molar-refractivity contribution >= 4 is 0 Å². The summed E-state index contributed by atoms with van der Waals surface area (Å²) >= 11 is 0. The molecule has 0 fully saturated rings. The standard InChI is InChI=1S/C17H25N3/c1-3-7-17-19-12-13-20(17)14-16-9-6-5-8-15(16)10-11-18-4-2/h5-6,8-9,12-13,18H,3-4,7,10-11,14H2,1-2H3. The average Bonchev–Trinajstić information content (AvgIpc) is 2.89. The Labute approximate surface area is 122 Å². The zero-order chi connectivity index (χ0) is 14.2. The van der Waals surface area contributed by atoms with Crippen molar-refractivity contribution in [2.45, 2.75) is 39.7 Å². The highest BCUT2D eigenvalue weighted by Crippen LogP contribution is 2.13. The number of rotatable bonds is 8. The quantitative estimate of drug-likeness (QED) is 0.748. The maximum absolute atomic E-state index is 4.46. The molecule has 0 radical (unpaired) electrons. The molecule has 0 bridgehead atoms. The van der Waals surface area contributed by atoms with Crippen molar-refractivity contribution in [2.75, 3.05) is 13.1 Å². The van der Waals surface area contributed by atoms with Gasteiger partial charge in [-0.1, -0.05) is 38.1 Å². The minimum atomic E-state index is 0.928. The number of nitrogens with one attached hydrogen (secondary N) is 1. The van der Waals surface area contributed by atoms with Gasteiger partial charge in [-0.05, 0) is 37.1 Å². The molecule has 1 aromatic carbocycles. The topological polar surface area (TPSA) is 29.9 Å². The van der Waals surface area contributed by atoms with Crippen molar-refractivity contribution in [3.05, 3.63) is 53.6 Å². The van der Waals surface area contributed by atoms with Crippen molar-refractivity contribution in [2.24, 2.45) is 0 Å². The van der Waals surface area contributed by atoms with Crippen molar-refractivity contribution in [3.63, 3.8) is 0 Å². The largest absolute Gasteiger partial charge is 0.331 e. The molecule has 1 N–H and O–H groups in total. The zero-order valence-electron chi connectivity index (χ0n) is 12.6. The van der Waals surface area contributed by atoms with E-state index in [1.165, 1.54) is 17.0 Å². The summed E-state index contributed by atoms with van der Waals surface area (Å²) in [5, 5.41) is 3.40. The summed E-state index contributed by atoms with van der Waals surface area (Å²) < 4.78 is 2.27. The van der Waals surface area contributed by atoms with Gasteiger partial charge in [0, 0.05) is 25.4 Å². The van der Waals surface area contributed by atoms with Gasteiger partial charge < -0.3 is 9.88 Å². The van der Waals surface area contributed by atoms with E-state index in [9.17, 15) is 0 Å². The van der Waals surface area contributed by atoms with E-state index in [-0.39, 0.29) is 0 Å². The first-order valence-electron chi connectivity index (χ1n) is 7.62. The van der Waals surface area contributed by atoms with Gasteiger partial charge in [0.25, 0.3) is 0 Å². The molecule has 20 heavy (non-hydrogen) atoms. The SMILES string of the molecule is CCCc1nccn1Cc1ccccc1CCNCC. The maximum atomic E-state index is 4.46. The van der Waals surface area contributed by atoms with E-state index in [2.05, 4.69) is 59.2 Å². The summed E-state index contributed by atoms with van der Waals surface area (Å²) in [7, 11) is 0. The van der Waals surface area contributed by atoms with E-state index in [4.69, 9.17) is 0 Å². The van der Waals surface area contributed by atoms with E-state index in [1.807, 2.05) is 6.20 Å². The fraction of sp³-hybridized carbons (Fsp3) is 0.471. The number of aromatic nitrogens is 2. The van der Waals surface area contributed by atoms with Crippen LogP contribution in [0.4, 0.5) is 0 Å². The molecule has 2 rings (SSSR count). The van der Waals surface area contributed by atoms with Crippen LogP contribution in [-0.4, -0.2) is 22.6 Å². The highest BCUT2D eigenvalue weighted by Gasteiger charge is 2.06. The smallest absolute Gasteiger partial charge is 0.108 e. The second kappa shape index (κ2) is 7.85. The molecule has 0 atom stereocenters. The average molecular weight is 271 g/mol. The molecule has 0 amide bonds. The lowest BCUT2D eigenvalue weighted by Gasteiger charge is -2.12. The maximum Gasteiger partial charge on any atom is 0.108 e. The van der Waals surface area contributed by atoms with Gasteiger partial charge in [-0.2, -0.15) is 0 Å². The number of aryl methyl sites for hydroxylation is 1. The molecule has 0 saturated carbocycles. The monoisotopic (exact) mass is 271 g/mol. The van der Waals surface area contributed by atoms with Crippen LogP contribution < -0.4 is 5.32 Å². The Bertz CT molecular complexity index is 516. The van der Waals surface area contributed by atoms with E-state index in [0.29, 0.717) is 0 Å². The van der Waals surface area contributed by atoms with Crippen LogP contribution in [0.25, 0.3) is 0 Å². The van der Waals surface area contributed by atoms with Gasteiger partial charge in [-0.25, -0.2) is 4.98 Å². The Morgan fingerprint density at radius 2 is 1.90 bits per heavy atom. The lowest BCUT2D eigenvalue weighted by Crippen LogP contribution is -2.17. The number of imidazole rings is 1. The molecule has 1 aromatic heterocycles. The predicted molar refractivity (Wildman–Crippen MR) is 84.0 cm³/mol. The fourth-order valence-electron chi connectivity index (χ4n) is 2.47. The van der Waals surface area contributed by atoms with Crippen LogP contribution in [0, 0.1) is 0 Å². The zero-order valence-corrected chi connectivity index (χ0v) is 12.6. The van der Waals surface area contributed by atoms with Crippen LogP contribution in [0.2, 0.25) is 0 Å². The highest BCUT2D eigenvalue weighted by molar-refractivity contribution is 5.28. The van der Waals surface area contributed by atoms with E-state index < -0.39 is 0 Å². The Morgan fingerprint density at radius 3 is 2.65 bits per heavy atom. The first kappa shape index (κ1) is 14.8. The lowest BCUT2D eigenvalue weighted by molar-refractivity contribution is 0.686. The van der Waals surface area contributed by atoms with E-state index in [0.717, 1.165) is 38.9 Å². The van der Waals surface area contributed by atoms with E-state index >= 15 is 0 Å². The summed E-state index contributed by atoms with van der Waals surface area (Å²) in [6, 6.07) is 8.73. The first-order valence-corrected chi connectivity index (χ1v) is 7.62. The first-order chi connectivity index (χ1) is 9.85.